The molecular formula is C16H19ClN4O. The molecule has 1 atom stereocenters. The maximum Gasteiger partial charge on any atom is 0.224 e. The summed E-state index contributed by atoms with van der Waals surface area (Å²) in [4.78, 5) is 8.67. The van der Waals surface area contributed by atoms with Gasteiger partial charge in [-0.05, 0) is 30.5 Å². The lowest BCUT2D eigenvalue weighted by atomic mass is 10.2. The van der Waals surface area contributed by atoms with E-state index in [4.69, 9.17) is 16.3 Å². The Labute approximate surface area is 135 Å². The smallest absolute Gasteiger partial charge is 0.224 e. The van der Waals surface area contributed by atoms with Gasteiger partial charge in [0.05, 0.1) is 6.10 Å². The zero-order valence-electron chi connectivity index (χ0n) is 12.3. The first-order valence-corrected chi connectivity index (χ1v) is 7.85. The van der Waals surface area contributed by atoms with Crippen LogP contribution in [0.25, 0.3) is 0 Å². The molecule has 1 aromatic heterocycles. The van der Waals surface area contributed by atoms with E-state index >= 15 is 0 Å². The highest BCUT2D eigenvalue weighted by molar-refractivity contribution is 6.31. The normalized spacial score (nSPS) is 17.4. The van der Waals surface area contributed by atoms with Gasteiger partial charge in [0.15, 0.2) is 0 Å². The summed E-state index contributed by atoms with van der Waals surface area (Å²) in [6, 6.07) is 9.59. The zero-order valence-corrected chi connectivity index (χ0v) is 13.0. The Balaban J connectivity index is 1.55. The number of nitrogens with one attached hydrogen (secondary N) is 2. The van der Waals surface area contributed by atoms with Crippen LogP contribution in [0.1, 0.15) is 18.4 Å². The van der Waals surface area contributed by atoms with Crippen LogP contribution in [0.3, 0.4) is 0 Å². The Morgan fingerprint density at radius 3 is 2.95 bits per heavy atom. The Hall–Kier alpha value is -1.85. The molecule has 5 nitrogen and oxygen atoms in total. The number of anilines is 2. The van der Waals surface area contributed by atoms with E-state index in [0.717, 1.165) is 42.4 Å². The molecule has 2 aromatic rings. The lowest BCUT2D eigenvalue weighted by molar-refractivity contribution is 0.120. The molecule has 2 N–H and O–H groups in total. The van der Waals surface area contributed by atoms with E-state index in [1.54, 1.807) is 6.20 Å². The van der Waals surface area contributed by atoms with Gasteiger partial charge in [-0.2, -0.15) is 4.98 Å². The van der Waals surface area contributed by atoms with Crippen molar-refractivity contribution in [1.29, 1.82) is 0 Å². The van der Waals surface area contributed by atoms with Gasteiger partial charge in [0.2, 0.25) is 5.95 Å². The SMILES string of the molecule is Clc1ccccc1CNc1nccc(NCC2CCCO2)n1. The lowest BCUT2D eigenvalue weighted by Crippen LogP contribution is -2.19. The van der Waals surface area contributed by atoms with Crippen molar-refractivity contribution >= 4 is 23.4 Å². The quantitative estimate of drug-likeness (QED) is 0.855. The van der Waals surface area contributed by atoms with Crippen molar-refractivity contribution < 1.29 is 4.74 Å². The third kappa shape index (κ3) is 4.08. The van der Waals surface area contributed by atoms with Crippen LogP contribution < -0.4 is 10.6 Å². The van der Waals surface area contributed by atoms with Crippen molar-refractivity contribution in [2.45, 2.75) is 25.5 Å². The molecule has 3 rings (SSSR count). The molecule has 116 valence electrons. The third-order valence-corrected chi connectivity index (χ3v) is 3.95. The third-order valence-electron chi connectivity index (χ3n) is 3.59. The summed E-state index contributed by atoms with van der Waals surface area (Å²) >= 11 is 6.14. The molecule has 1 unspecified atom stereocenters. The maximum absolute atomic E-state index is 6.14. The largest absolute Gasteiger partial charge is 0.376 e. The van der Waals surface area contributed by atoms with Crippen LogP contribution in [-0.4, -0.2) is 29.2 Å². The minimum Gasteiger partial charge on any atom is -0.376 e. The predicted octanol–water partition coefficient (Wildman–Crippen LogP) is 3.33. The fourth-order valence-electron chi connectivity index (χ4n) is 2.38. The number of nitrogens with zero attached hydrogens (tertiary/aromatic N) is 2. The van der Waals surface area contributed by atoms with E-state index in [9.17, 15) is 0 Å². The van der Waals surface area contributed by atoms with Crippen molar-refractivity contribution in [1.82, 2.24) is 9.97 Å². The Morgan fingerprint density at radius 2 is 2.14 bits per heavy atom. The lowest BCUT2D eigenvalue weighted by Gasteiger charge is -2.12. The summed E-state index contributed by atoms with van der Waals surface area (Å²) in [5.74, 6) is 1.38. The van der Waals surface area contributed by atoms with Crippen LogP contribution in [0.4, 0.5) is 11.8 Å². The maximum atomic E-state index is 6.14. The van der Waals surface area contributed by atoms with E-state index in [1.807, 2.05) is 30.3 Å². The van der Waals surface area contributed by atoms with Crippen LogP contribution in [-0.2, 0) is 11.3 Å². The molecule has 0 amide bonds. The monoisotopic (exact) mass is 318 g/mol. The van der Waals surface area contributed by atoms with Gasteiger partial charge < -0.3 is 15.4 Å². The van der Waals surface area contributed by atoms with E-state index in [-0.39, 0.29) is 6.10 Å². The summed E-state index contributed by atoms with van der Waals surface area (Å²) in [7, 11) is 0. The highest BCUT2D eigenvalue weighted by Gasteiger charge is 2.15. The first-order valence-electron chi connectivity index (χ1n) is 7.47. The number of ether oxygens (including phenoxy) is 1. The van der Waals surface area contributed by atoms with Gasteiger partial charge in [0.1, 0.15) is 5.82 Å². The average molecular weight is 319 g/mol. The summed E-state index contributed by atoms with van der Waals surface area (Å²) in [6.07, 6.45) is 4.27. The summed E-state index contributed by atoms with van der Waals surface area (Å²) in [5, 5.41) is 7.23. The molecule has 0 aliphatic carbocycles. The van der Waals surface area contributed by atoms with Crippen molar-refractivity contribution in [2.24, 2.45) is 0 Å². The second-order valence-corrected chi connectivity index (χ2v) is 5.63. The van der Waals surface area contributed by atoms with E-state index in [1.165, 1.54) is 0 Å². The molecule has 1 aromatic carbocycles. The van der Waals surface area contributed by atoms with E-state index < -0.39 is 0 Å². The Kier molecular flexibility index (Phi) is 5.08. The minimum atomic E-state index is 0.287. The van der Waals surface area contributed by atoms with Crippen molar-refractivity contribution in [2.75, 3.05) is 23.8 Å². The van der Waals surface area contributed by atoms with Gasteiger partial charge in [0, 0.05) is 30.9 Å². The highest BCUT2D eigenvalue weighted by atomic mass is 35.5. The van der Waals surface area contributed by atoms with Crippen molar-refractivity contribution in [3.05, 3.63) is 47.1 Å². The molecule has 1 aliphatic rings. The van der Waals surface area contributed by atoms with Gasteiger partial charge in [-0.1, -0.05) is 29.8 Å². The minimum absolute atomic E-state index is 0.287. The van der Waals surface area contributed by atoms with E-state index in [0.29, 0.717) is 12.5 Å². The van der Waals surface area contributed by atoms with Gasteiger partial charge >= 0.3 is 0 Å². The molecule has 0 spiro atoms. The fourth-order valence-corrected chi connectivity index (χ4v) is 2.58. The second-order valence-electron chi connectivity index (χ2n) is 5.23. The van der Waals surface area contributed by atoms with Crippen LogP contribution in [0.5, 0.6) is 0 Å². The number of halogens is 1. The Morgan fingerprint density at radius 1 is 1.23 bits per heavy atom. The first kappa shape index (κ1) is 15.1. The molecule has 22 heavy (non-hydrogen) atoms. The van der Waals surface area contributed by atoms with Gasteiger partial charge in [-0.3, -0.25) is 0 Å². The summed E-state index contributed by atoms with van der Waals surface area (Å²) in [6.45, 7) is 2.23. The van der Waals surface area contributed by atoms with E-state index in [2.05, 4.69) is 20.6 Å². The molecule has 0 radical (unpaired) electrons. The van der Waals surface area contributed by atoms with Crippen molar-refractivity contribution in [3.63, 3.8) is 0 Å². The summed E-state index contributed by atoms with van der Waals surface area (Å²) < 4.78 is 5.59. The van der Waals surface area contributed by atoms with Gasteiger partial charge in [-0.15, -0.1) is 0 Å². The van der Waals surface area contributed by atoms with Crippen molar-refractivity contribution in [3.8, 4) is 0 Å². The number of aromatic nitrogens is 2. The first-order chi connectivity index (χ1) is 10.8. The topological polar surface area (TPSA) is 59.1 Å². The highest BCUT2D eigenvalue weighted by Crippen LogP contribution is 2.16. The van der Waals surface area contributed by atoms with Crippen LogP contribution in [0, 0.1) is 0 Å². The standard InChI is InChI=1S/C16H19ClN4O/c17-14-6-2-1-4-12(14)10-20-16-18-8-7-15(21-16)19-11-13-5-3-9-22-13/h1-2,4,6-8,13H,3,5,9-11H2,(H2,18,19,20,21). The average Bonchev–Trinajstić information content (AvgIpc) is 3.06. The van der Waals surface area contributed by atoms with Gasteiger partial charge in [-0.25, -0.2) is 4.98 Å². The predicted molar refractivity (Wildman–Crippen MR) is 88.3 cm³/mol. The zero-order chi connectivity index (χ0) is 15.2. The number of hydrogen-bond donors (Lipinski definition) is 2. The molecule has 0 bridgehead atoms. The number of rotatable bonds is 6. The molecule has 1 aliphatic heterocycles. The molecule has 1 saturated heterocycles. The van der Waals surface area contributed by atoms with Crippen LogP contribution >= 0.6 is 11.6 Å². The molecular weight excluding hydrogens is 300 g/mol. The molecule has 6 heteroatoms. The van der Waals surface area contributed by atoms with Gasteiger partial charge in [0.25, 0.3) is 0 Å². The fraction of sp³-hybridized carbons (Fsp3) is 0.375. The molecule has 0 saturated carbocycles. The Bertz CT molecular complexity index is 617. The summed E-state index contributed by atoms with van der Waals surface area (Å²) in [5.41, 5.74) is 1.02. The number of benzene rings is 1. The van der Waals surface area contributed by atoms with Crippen LogP contribution in [0.15, 0.2) is 36.5 Å². The second kappa shape index (κ2) is 7.42. The van der Waals surface area contributed by atoms with Crippen LogP contribution in [0.2, 0.25) is 5.02 Å². The number of hydrogen-bond acceptors (Lipinski definition) is 5. The molecule has 1 fully saturated rings. The molecule has 2 heterocycles.